The van der Waals surface area contributed by atoms with E-state index in [0.717, 1.165) is 40.5 Å². The summed E-state index contributed by atoms with van der Waals surface area (Å²) < 4.78 is 40.3. The number of aromatic nitrogens is 4. The van der Waals surface area contributed by atoms with Crippen LogP contribution in [0.3, 0.4) is 0 Å². The zero-order valence-corrected chi connectivity index (χ0v) is 17.0. The molecule has 1 N–H and O–H groups in total. The Balaban J connectivity index is 1.77. The SMILES string of the molecule is CC(=O)NCc1nnc(Sc2ccc(C(F)(F)F)cn2)n1-c1cccc2ccccc12. The van der Waals surface area contributed by atoms with Crippen molar-refractivity contribution in [3.63, 3.8) is 0 Å². The predicted octanol–water partition coefficient (Wildman–Crippen LogP) is 4.62. The number of fused-ring (bicyclic) bond motifs is 1. The van der Waals surface area contributed by atoms with Gasteiger partial charge < -0.3 is 5.32 Å². The highest BCUT2D eigenvalue weighted by molar-refractivity contribution is 7.99. The Bertz CT molecular complexity index is 1230. The zero-order valence-electron chi connectivity index (χ0n) is 16.2. The second kappa shape index (κ2) is 8.38. The summed E-state index contributed by atoms with van der Waals surface area (Å²) in [5, 5.41) is 13.8. The number of amides is 1. The molecule has 0 aliphatic heterocycles. The first kappa shape index (κ1) is 20.9. The van der Waals surface area contributed by atoms with E-state index >= 15 is 0 Å². The van der Waals surface area contributed by atoms with Gasteiger partial charge in [0.2, 0.25) is 11.1 Å². The van der Waals surface area contributed by atoms with Crippen molar-refractivity contribution < 1.29 is 18.0 Å². The number of pyridine rings is 1. The van der Waals surface area contributed by atoms with Crippen molar-refractivity contribution in [2.45, 2.75) is 29.8 Å². The first-order valence-electron chi connectivity index (χ1n) is 9.21. The van der Waals surface area contributed by atoms with E-state index in [1.165, 1.54) is 13.0 Å². The Morgan fingerprint density at radius 1 is 1.06 bits per heavy atom. The quantitative estimate of drug-likeness (QED) is 0.487. The molecule has 0 saturated heterocycles. The molecule has 6 nitrogen and oxygen atoms in total. The maximum atomic E-state index is 12.8. The molecule has 10 heteroatoms. The minimum absolute atomic E-state index is 0.145. The van der Waals surface area contributed by atoms with Crippen molar-refractivity contribution in [1.29, 1.82) is 0 Å². The van der Waals surface area contributed by atoms with Crippen molar-refractivity contribution in [3.05, 3.63) is 72.2 Å². The maximum absolute atomic E-state index is 12.8. The summed E-state index contributed by atoms with van der Waals surface area (Å²) in [5.41, 5.74) is -0.0309. The molecule has 0 unspecified atom stereocenters. The van der Waals surface area contributed by atoms with E-state index in [1.54, 1.807) is 4.57 Å². The largest absolute Gasteiger partial charge is 0.417 e. The van der Waals surface area contributed by atoms with Crippen molar-refractivity contribution in [2.75, 3.05) is 0 Å². The van der Waals surface area contributed by atoms with E-state index in [9.17, 15) is 18.0 Å². The van der Waals surface area contributed by atoms with Crippen LogP contribution in [-0.4, -0.2) is 25.7 Å². The molecule has 31 heavy (non-hydrogen) atoms. The summed E-state index contributed by atoms with van der Waals surface area (Å²) in [4.78, 5) is 15.3. The van der Waals surface area contributed by atoms with Crippen molar-refractivity contribution in [2.24, 2.45) is 0 Å². The summed E-state index contributed by atoms with van der Waals surface area (Å²) >= 11 is 1.09. The van der Waals surface area contributed by atoms with Gasteiger partial charge in [-0.25, -0.2) is 4.98 Å². The number of hydrogen-bond acceptors (Lipinski definition) is 5. The van der Waals surface area contributed by atoms with Gasteiger partial charge in [-0.3, -0.25) is 9.36 Å². The van der Waals surface area contributed by atoms with Gasteiger partial charge in [-0.1, -0.05) is 36.4 Å². The fourth-order valence-electron chi connectivity index (χ4n) is 3.03. The molecular weight excluding hydrogens is 427 g/mol. The molecule has 158 valence electrons. The van der Waals surface area contributed by atoms with Crippen LogP contribution < -0.4 is 5.32 Å². The minimum atomic E-state index is -4.45. The number of alkyl halides is 3. The van der Waals surface area contributed by atoms with Crippen LogP contribution in [0.5, 0.6) is 0 Å². The molecule has 2 heterocycles. The Labute approximate surface area is 179 Å². The van der Waals surface area contributed by atoms with Crippen molar-refractivity contribution in [3.8, 4) is 5.69 Å². The van der Waals surface area contributed by atoms with Gasteiger partial charge in [-0.05, 0) is 35.3 Å². The zero-order chi connectivity index (χ0) is 22.0. The molecule has 1 amide bonds. The number of rotatable bonds is 5. The lowest BCUT2D eigenvalue weighted by molar-refractivity contribution is -0.137. The summed E-state index contributed by atoms with van der Waals surface area (Å²) in [6, 6.07) is 15.8. The van der Waals surface area contributed by atoms with Gasteiger partial charge in [-0.15, -0.1) is 10.2 Å². The third-order valence-electron chi connectivity index (χ3n) is 4.46. The van der Waals surface area contributed by atoms with E-state index in [1.807, 2.05) is 42.5 Å². The smallest absolute Gasteiger partial charge is 0.349 e. The number of benzene rings is 2. The molecule has 0 spiro atoms. The van der Waals surface area contributed by atoms with Gasteiger partial charge in [0.15, 0.2) is 5.82 Å². The molecule has 0 bridgehead atoms. The normalized spacial score (nSPS) is 11.6. The van der Waals surface area contributed by atoms with Gasteiger partial charge in [-0.2, -0.15) is 13.2 Å². The maximum Gasteiger partial charge on any atom is 0.417 e. The summed E-state index contributed by atoms with van der Waals surface area (Å²) in [7, 11) is 0. The predicted molar refractivity (Wildman–Crippen MR) is 110 cm³/mol. The molecule has 0 atom stereocenters. The van der Waals surface area contributed by atoms with Crippen LogP contribution in [0.4, 0.5) is 13.2 Å². The van der Waals surface area contributed by atoms with Gasteiger partial charge in [0.25, 0.3) is 0 Å². The van der Waals surface area contributed by atoms with Crippen molar-refractivity contribution >= 4 is 28.4 Å². The third-order valence-corrected chi connectivity index (χ3v) is 5.36. The molecule has 0 aliphatic rings. The van der Waals surface area contributed by atoms with E-state index < -0.39 is 11.7 Å². The number of nitrogens with zero attached hydrogens (tertiary/aromatic N) is 4. The average molecular weight is 443 g/mol. The first-order valence-corrected chi connectivity index (χ1v) is 10.0. The molecule has 0 aliphatic carbocycles. The van der Waals surface area contributed by atoms with Crippen LogP contribution in [-0.2, 0) is 17.5 Å². The van der Waals surface area contributed by atoms with E-state index in [2.05, 4.69) is 20.5 Å². The number of carbonyl (C=O) groups is 1. The van der Waals surface area contributed by atoms with E-state index in [4.69, 9.17) is 0 Å². The van der Waals surface area contributed by atoms with Crippen LogP contribution >= 0.6 is 11.8 Å². The Hall–Kier alpha value is -3.40. The van der Waals surface area contributed by atoms with Crippen LogP contribution in [0, 0.1) is 0 Å². The highest BCUT2D eigenvalue weighted by Gasteiger charge is 2.30. The fourth-order valence-corrected chi connectivity index (χ4v) is 3.84. The first-order chi connectivity index (χ1) is 14.8. The van der Waals surface area contributed by atoms with Crippen LogP contribution in [0.25, 0.3) is 16.5 Å². The minimum Gasteiger partial charge on any atom is -0.349 e. The molecule has 4 aromatic rings. The lowest BCUT2D eigenvalue weighted by atomic mass is 10.1. The van der Waals surface area contributed by atoms with Gasteiger partial charge in [0, 0.05) is 18.5 Å². The summed E-state index contributed by atoms with van der Waals surface area (Å²) in [6.07, 6.45) is -3.66. The second-order valence-corrected chi connectivity index (χ2v) is 7.61. The van der Waals surface area contributed by atoms with Gasteiger partial charge in [0.05, 0.1) is 17.8 Å². The Morgan fingerprint density at radius 2 is 1.84 bits per heavy atom. The molecule has 2 aromatic heterocycles. The van der Waals surface area contributed by atoms with E-state index in [-0.39, 0.29) is 12.5 Å². The molecule has 0 radical (unpaired) electrons. The molecule has 4 rings (SSSR count). The Kier molecular flexibility index (Phi) is 5.64. The molecular formula is C21H16F3N5OS. The number of nitrogens with one attached hydrogen (secondary N) is 1. The second-order valence-electron chi connectivity index (χ2n) is 6.63. The van der Waals surface area contributed by atoms with Crippen LogP contribution in [0.15, 0.2) is 71.0 Å². The third kappa shape index (κ3) is 4.53. The fraction of sp³-hybridized carbons (Fsp3) is 0.143. The highest BCUT2D eigenvalue weighted by Crippen LogP contribution is 2.33. The van der Waals surface area contributed by atoms with Crippen molar-refractivity contribution in [1.82, 2.24) is 25.1 Å². The monoisotopic (exact) mass is 443 g/mol. The molecule has 0 fully saturated rings. The number of hydrogen-bond donors (Lipinski definition) is 1. The lowest BCUT2D eigenvalue weighted by Crippen LogP contribution is -2.21. The van der Waals surface area contributed by atoms with E-state index in [0.29, 0.717) is 16.0 Å². The van der Waals surface area contributed by atoms with Crippen LogP contribution in [0.1, 0.15) is 18.3 Å². The molecule has 0 saturated carbocycles. The lowest BCUT2D eigenvalue weighted by Gasteiger charge is -2.13. The standard InChI is InChI=1S/C21H16F3N5OS/c1-13(30)25-12-18-27-28-20(31-19-10-9-15(11-26-19)21(22,23)24)29(18)17-8-4-6-14-5-2-3-7-16(14)17/h2-11H,12H2,1H3,(H,25,30). The topological polar surface area (TPSA) is 72.7 Å². The van der Waals surface area contributed by atoms with Gasteiger partial charge >= 0.3 is 6.18 Å². The number of carbonyl (C=O) groups excluding carboxylic acids is 1. The van der Waals surface area contributed by atoms with Crippen LogP contribution in [0.2, 0.25) is 0 Å². The summed E-state index contributed by atoms with van der Waals surface area (Å²) in [5.74, 6) is 0.270. The summed E-state index contributed by atoms with van der Waals surface area (Å²) in [6.45, 7) is 1.55. The van der Waals surface area contributed by atoms with Gasteiger partial charge in [0.1, 0.15) is 5.03 Å². The average Bonchev–Trinajstić information content (AvgIpc) is 3.13. The Morgan fingerprint density at radius 3 is 2.55 bits per heavy atom. The molecule has 2 aromatic carbocycles. The highest BCUT2D eigenvalue weighted by atomic mass is 32.2. The number of halogens is 3.